The highest BCUT2D eigenvalue weighted by molar-refractivity contribution is 7.99. The Kier molecular flexibility index (Phi) is 6.31. The Labute approximate surface area is 163 Å². The quantitative estimate of drug-likeness (QED) is 0.737. The minimum Gasteiger partial charge on any atom is -0.353 e. The van der Waals surface area contributed by atoms with Gasteiger partial charge >= 0.3 is 6.18 Å². The molecule has 5 nitrogen and oxygen atoms in total. The minimum absolute atomic E-state index is 0.0481. The lowest BCUT2D eigenvalue weighted by Crippen LogP contribution is -2.42. The number of rotatable bonds is 5. The highest BCUT2D eigenvalue weighted by Crippen LogP contribution is 2.37. The van der Waals surface area contributed by atoms with Crippen molar-refractivity contribution in [2.24, 2.45) is 5.92 Å². The fourth-order valence-corrected chi connectivity index (χ4v) is 4.07. The molecule has 2 atom stereocenters. The van der Waals surface area contributed by atoms with Gasteiger partial charge in [-0.3, -0.25) is 9.36 Å². The number of halogens is 4. The molecular weight excluding hydrogens is 401 g/mol. The van der Waals surface area contributed by atoms with Crippen LogP contribution in [0, 0.1) is 5.92 Å². The third kappa shape index (κ3) is 5.38. The summed E-state index contributed by atoms with van der Waals surface area (Å²) in [6.07, 6.45) is -1.58. The number of nitrogens with one attached hydrogen (secondary N) is 1. The maximum atomic E-state index is 12.9. The van der Waals surface area contributed by atoms with Crippen LogP contribution in [-0.2, 0) is 4.79 Å². The van der Waals surface area contributed by atoms with Gasteiger partial charge in [-0.25, -0.2) is 0 Å². The first-order valence-corrected chi connectivity index (χ1v) is 9.84. The standard InChI is InChI=1S/C17H18ClF3N4OS/c18-12-4-2-6-14(8-12)25-10-22-24-16(25)27-9-15(26)23-13-5-1-3-11(7-13)17(19,20)21/h2,4,6,8,10-11,13H,1,3,5,7,9H2,(H,23,26). The number of hydrogen-bond acceptors (Lipinski definition) is 4. The van der Waals surface area contributed by atoms with Crippen molar-refractivity contribution < 1.29 is 18.0 Å². The third-order valence-corrected chi connectivity index (χ3v) is 5.62. The van der Waals surface area contributed by atoms with E-state index in [9.17, 15) is 18.0 Å². The normalized spacial score (nSPS) is 20.4. The van der Waals surface area contributed by atoms with Crippen LogP contribution in [-0.4, -0.2) is 38.6 Å². The second kappa shape index (κ2) is 8.52. The van der Waals surface area contributed by atoms with Gasteiger partial charge in [-0.1, -0.05) is 35.9 Å². The third-order valence-electron chi connectivity index (χ3n) is 4.44. The number of thioether (sulfide) groups is 1. The van der Waals surface area contributed by atoms with Crippen molar-refractivity contribution in [2.75, 3.05) is 5.75 Å². The van der Waals surface area contributed by atoms with Crippen molar-refractivity contribution in [1.29, 1.82) is 0 Å². The fraction of sp³-hybridized carbons (Fsp3) is 0.471. The largest absolute Gasteiger partial charge is 0.391 e. The summed E-state index contributed by atoms with van der Waals surface area (Å²) in [7, 11) is 0. The van der Waals surface area contributed by atoms with Crippen LogP contribution >= 0.6 is 23.4 Å². The molecule has 1 aromatic carbocycles. The molecule has 1 amide bonds. The van der Waals surface area contributed by atoms with Gasteiger partial charge in [-0.2, -0.15) is 13.2 Å². The molecule has 1 N–H and O–H groups in total. The zero-order valence-electron chi connectivity index (χ0n) is 14.2. The molecule has 2 unspecified atom stereocenters. The number of nitrogens with zero attached hydrogens (tertiary/aromatic N) is 3. The van der Waals surface area contributed by atoms with E-state index in [1.165, 1.54) is 18.1 Å². The second-order valence-electron chi connectivity index (χ2n) is 6.42. The molecule has 0 spiro atoms. The summed E-state index contributed by atoms with van der Waals surface area (Å²) in [5, 5.41) is 11.6. The molecule has 27 heavy (non-hydrogen) atoms. The maximum absolute atomic E-state index is 12.9. The van der Waals surface area contributed by atoms with Gasteiger partial charge in [0, 0.05) is 11.1 Å². The van der Waals surface area contributed by atoms with Crippen LogP contribution in [0.3, 0.4) is 0 Å². The average molecular weight is 419 g/mol. The van der Waals surface area contributed by atoms with E-state index in [0.29, 0.717) is 23.0 Å². The van der Waals surface area contributed by atoms with Gasteiger partial charge < -0.3 is 5.32 Å². The van der Waals surface area contributed by atoms with Crippen LogP contribution < -0.4 is 5.32 Å². The minimum atomic E-state index is -4.20. The summed E-state index contributed by atoms with van der Waals surface area (Å²) in [4.78, 5) is 12.2. The first kappa shape index (κ1) is 20.0. The SMILES string of the molecule is O=C(CSc1nncn1-c1cccc(Cl)c1)NC1CCCC(C(F)(F)F)C1. The molecule has 10 heteroatoms. The van der Waals surface area contributed by atoms with Crippen LogP contribution in [0.4, 0.5) is 13.2 Å². The number of aromatic nitrogens is 3. The van der Waals surface area contributed by atoms with Gasteiger partial charge in [0.05, 0.1) is 17.4 Å². The molecule has 1 heterocycles. The van der Waals surface area contributed by atoms with E-state index in [4.69, 9.17) is 11.6 Å². The number of amides is 1. The summed E-state index contributed by atoms with van der Waals surface area (Å²) in [5.74, 6) is -1.60. The van der Waals surface area contributed by atoms with E-state index >= 15 is 0 Å². The van der Waals surface area contributed by atoms with Gasteiger partial charge in [0.1, 0.15) is 6.33 Å². The predicted molar refractivity (Wildman–Crippen MR) is 97.0 cm³/mol. The smallest absolute Gasteiger partial charge is 0.353 e. The maximum Gasteiger partial charge on any atom is 0.391 e. The molecule has 0 aliphatic heterocycles. The van der Waals surface area contributed by atoms with Crippen molar-refractivity contribution in [3.8, 4) is 5.69 Å². The molecule has 1 aromatic heterocycles. The molecule has 1 aliphatic carbocycles. The number of carbonyl (C=O) groups excluding carboxylic acids is 1. The lowest BCUT2D eigenvalue weighted by molar-refractivity contribution is -0.184. The monoisotopic (exact) mass is 418 g/mol. The highest BCUT2D eigenvalue weighted by atomic mass is 35.5. The summed E-state index contributed by atoms with van der Waals surface area (Å²) < 4.78 is 40.3. The number of alkyl halides is 3. The van der Waals surface area contributed by atoms with E-state index < -0.39 is 18.1 Å². The van der Waals surface area contributed by atoms with Crippen LogP contribution in [0.2, 0.25) is 5.02 Å². The highest BCUT2D eigenvalue weighted by Gasteiger charge is 2.42. The van der Waals surface area contributed by atoms with E-state index in [1.54, 1.807) is 22.8 Å². The second-order valence-corrected chi connectivity index (χ2v) is 7.80. The molecule has 146 valence electrons. The molecule has 0 saturated heterocycles. The Morgan fingerprint density at radius 3 is 2.93 bits per heavy atom. The van der Waals surface area contributed by atoms with Crippen LogP contribution in [0.1, 0.15) is 25.7 Å². The summed E-state index contributed by atoms with van der Waals surface area (Å²) in [6, 6.07) is 6.67. The Balaban J connectivity index is 1.55. The van der Waals surface area contributed by atoms with Crippen molar-refractivity contribution >= 4 is 29.3 Å². The lowest BCUT2D eigenvalue weighted by Gasteiger charge is -2.31. The Bertz CT molecular complexity index is 798. The molecule has 0 bridgehead atoms. The van der Waals surface area contributed by atoms with Gasteiger partial charge in [0.25, 0.3) is 0 Å². The number of hydrogen-bond donors (Lipinski definition) is 1. The molecule has 2 aromatic rings. The van der Waals surface area contributed by atoms with Crippen LogP contribution in [0.15, 0.2) is 35.7 Å². The summed E-state index contributed by atoms with van der Waals surface area (Å²) in [5.41, 5.74) is 0.760. The van der Waals surface area contributed by atoms with E-state index in [-0.39, 0.29) is 24.5 Å². The fourth-order valence-electron chi connectivity index (χ4n) is 3.14. The van der Waals surface area contributed by atoms with Gasteiger partial charge in [-0.15, -0.1) is 10.2 Å². The molecular formula is C17H18ClF3N4OS. The van der Waals surface area contributed by atoms with Crippen molar-refractivity contribution in [3.63, 3.8) is 0 Å². The average Bonchev–Trinajstić information content (AvgIpc) is 3.08. The summed E-state index contributed by atoms with van der Waals surface area (Å²) in [6.45, 7) is 0. The molecule has 1 fully saturated rings. The van der Waals surface area contributed by atoms with E-state index in [1.807, 2.05) is 6.07 Å². The molecule has 0 radical (unpaired) electrons. The predicted octanol–water partition coefficient (Wildman–Crippen LogP) is 4.25. The van der Waals surface area contributed by atoms with Crippen LogP contribution in [0.5, 0.6) is 0 Å². The Morgan fingerprint density at radius 2 is 2.19 bits per heavy atom. The zero-order valence-corrected chi connectivity index (χ0v) is 15.8. The van der Waals surface area contributed by atoms with Crippen molar-refractivity contribution in [1.82, 2.24) is 20.1 Å². The summed E-state index contributed by atoms with van der Waals surface area (Å²) >= 11 is 7.16. The van der Waals surface area contributed by atoms with E-state index in [0.717, 1.165) is 5.69 Å². The number of carbonyl (C=O) groups is 1. The first-order chi connectivity index (χ1) is 12.8. The lowest BCUT2D eigenvalue weighted by atomic mass is 9.85. The van der Waals surface area contributed by atoms with Gasteiger partial charge in [-0.05, 0) is 37.5 Å². The molecule has 3 rings (SSSR count). The topological polar surface area (TPSA) is 59.8 Å². The Morgan fingerprint density at radius 1 is 1.37 bits per heavy atom. The molecule has 1 aliphatic rings. The van der Waals surface area contributed by atoms with Gasteiger partial charge in [0.2, 0.25) is 5.91 Å². The molecule has 1 saturated carbocycles. The number of benzene rings is 1. The van der Waals surface area contributed by atoms with Crippen molar-refractivity contribution in [3.05, 3.63) is 35.6 Å². The van der Waals surface area contributed by atoms with E-state index in [2.05, 4.69) is 15.5 Å². The first-order valence-electron chi connectivity index (χ1n) is 8.48. The zero-order chi connectivity index (χ0) is 19.4. The Hall–Kier alpha value is -1.74. The van der Waals surface area contributed by atoms with Crippen molar-refractivity contribution in [2.45, 2.75) is 43.1 Å². The van der Waals surface area contributed by atoms with Gasteiger partial charge in [0.15, 0.2) is 5.16 Å². The van der Waals surface area contributed by atoms with Crippen LogP contribution in [0.25, 0.3) is 5.69 Å².